The number of aromatic nitrogens is 2. The lowest BCUT2D eigenvalue weighted by atomic mass is 10.2. The molecule has 0 aliphatic heterocycles. The number of ether oxygens (including phenoxy) is 1. The molecule has 0 radical (unpaired) electrons. The normalized spacial score (nSPS) is 10.1. The van der Waals surface area contributed by atoms with Crippen molar-refractivity contribution in [3.8, 4) is 5.88 Å². The van der Waals surface area contributed by atoms with Gasteiger partial charge in [0.1, 0.15) is 12.4 Å². The summed E-state index contributed by atoms with van der Waals surface area (Å²) in [6.07, 6.45) is 1.53. The zero-order chi connectivity index (χ0) is 11.4. The first kappa shape index (κ1) is 10.8. The van der Waals surface area contributed by atoms with Gasteiger partial charge in [-0.2, -0.15) is 5.10 Å². The fraction of sp³-hybridized carbons (Fsp3) is 0.0909. The van der Waals surface area contributed by atoms with Crippen LogP contribution in [0.15, 0.2) is 36.5 Å². The third-order valence-electron chi connectivity index (χ3n) is 1.97. The van der Waals surface area contributed by atoms with Gasteiger partial charge in [0, 0.05) is 17.8 Å². The van der Waals surface area contributed by atoms with Crippen molar-refractivity contribution in [2.24, 2.45) is 0 Å². The molecule has 1 heterocycles. The van der Waals surface area contributed by atoms with Crippen LogP contribution >= 0.6 is 11.6 Å². The highest BCUT2D eigenvalue weighted by Gasteiger charge is 2.07. The molecule has 0 aliphatic rings. The highest BCUT2D eigenvalue weighted by atomic mass is 35.5. The Hall–Kier alpha value is -1.68. The average Bonchev–Trinajstić information content (AvgIpc) is 2.30. The van der Waals surface area contributed by atoms with Crippen LogP contribution < -0.4 is 4.74 Å². The Morgan fingerprint density at radius 3 is 2.81 bits per heavy atom. The summed E-state index contributed by atoms with van der Waals surface area (Å²) in [5.41, 5.74) is 0.315. The topological polar surface area (TPSA) is 35.0 Å². The van der Waals surface area contributed by atoms with Crippen molar-refractivity contribution >= 4 is 11.6 Å². The minimum atomic E-state index is -0.392. The molecular weight excluding hydrogens is 231 g/mol. The summed E-state index contributed by atoms with van der Waals surface area (Å²) >= 11 is 5.84. The van der Waals surface area contributed by atoms with Crippen molar-refractivity contribution in [3.05, 3.63) is 52.9 Å². The Labute approximate surface area is 96.8 Å². The molecule has 1 aromatic heterocycles. The van der Waals surface area contributed by atoms with Gasteiger partial charge in [-0.15, -0.1) is 5.10 Å². The van der Waals surface area contributed by atoms with Crippen molar-refractivity contribution in [1.29, 1.82) is 0 Å². The van der Waals surface area contributed by atoms with Crippen molar-refractivity contribution in [1.82, 2.24) is 10.2 Å². The first-order chi connectivity index (χ1) is 7.77. The van der Waals surface area contributed by atoms with E-state index in [2.05, 4.69) is 10.2 Å². The van der Waals surface area contributed by atoms with Crippen molar-refractivity contribution in [3.63, 3.8) is 0 Å². The molecule has 2 aromatic rings. The molecule has 0 bridgehead atoms. The number of rotatable bonds is 3. The highest BCUT2D eigenvalue weighted by Crippen LogP contribution is 2.20. The van der Waals surface area contributed by atoms with Gasteiger partial charge in [0.15, 0.2) is 0 Å². The third-order valence-corrected chi connectivity index (χ3v) is 2.33. The van der Waals surface area contributed by atoms with Crippen LogP contribution in [-0.2, 0) is 6.61 Å². The zero-order valence-electron chi connectivity index (χ0n) is 8.23. The molecule has 0 unspecified atom stereocenters. The van der Waals surface area contributed by atoms with E-state index in [9.17, 15) is 4.39 Å². The molecule has 0 N–H and O–H groups in total. The maximum Gasteiger partial charge on any atom is 0.233 e. The Balaban J connectivity index is 2.11. The molecule has 1 aromatic carbocycles. The summed E-state index contributed by atoms with van der Waals surface area (Å²) in [4.78, 5) is 0. The molecule has 0 saturated carbocycles. The van der Waals surface area contributed by atoms with Crippen LogP contribution in [0.25, 0.3) is 0 Å². The molecular formula is C11H8ClFN2O. The molecule has 5 heteroatoms. The third kappa shape index (κ3) is 2.46. The zero-order valence-corrected chi connectivity index (χ0v) is 8.99. The van der Waals surface area contributed by atoms with Gasteiger partial charge in [-0.05, 0) is 18.2 Å². The van der Waals surface area contributed by atoms with Crippen LogP contribution in [0.3, 0.4) is 0 Å². The lowest BCUT2D eigenvalue weighted by Crippen LogP contribution is -2.01. The fourth-order valence-electron chi connectivity index (χ4n) is 1.18. The number of benzene rings is 1. The Morgan fingerprint density at radius 2 is 2.12 bits per heavy atom. The van der Waals surface area contributed by atoms with Crippen LogP contribution in [0.4, 0.5) is 4.39 Å². The molecule has 0 saturated heterocycles. The molecule has 82 valence electrons. The van der Waals surface area contributed by atoms with Crippen LogP contribution in [0, 0.1) is 5.82 Å². The summed E-state index contributed by atoms with van der Waals surface area (Å²) in [5, 5.41) is 7.69. The summed E-state index contributed by atoms with van der Waals surface area (Å²) in [5.74, 6) is -0.0572. The summed E-state index contributed by atoms with van der Waals surface area (Å²) < 4.78 is 18.6. The van der Waals surface area contributed by atoms with E-state index in [1.807, 2.05) is 0 Å². The van der Waals surface area contributed by atoms with E-state index < -0.39 is 5.82 Å². The number of hydrogen-bond donors (Lipinski definition) is 0. The standard InChI is InChI=1S/C11H8ClFN2O/c12-9-3-1-4-10(13)8(9)7-16-11-5-2-6-14-15-11/h1-6H,7H2. The second-order valence-electron chi connectivity index (χ2n) is 3.05. The molecule has 0 amide bonds. The SMILES string of the molecule is Fc1cccc(Cl)c1COc1cccnn1. The maximum atomic E-state index is 13.4. The van der Waals surface area contributed by atoms with E-state index in [0.29, 0.717) is 16.5 Å². The van der Waals surface area contributed by atoms with E-state index in [1.165, 1.54) is 12.3 Å². The minimum Gasteiger partial charge on any atom is -0.472 e. The van der Waals surface area contributed by atoms with E-state index in [4.69, 9.17) is 16.3 Å². The monoisotopic (exact) mass is 238 g/mol. The molecule has 3 nitrogen and oxygen atoms in total. The predicted octanol–water partition coefficient (Wildman–Crippen LogP) is 2.85. The number of hydrogen-bond acceptors (Lipinski definition) is 3. The van der Waals surface area contributed by atoms with Crippen LogP contribution in [-0.4, -0.2) is 10.2 Å². The fourth-order valence-corrected chi connectivity index (χ4v) is 1.40. The minimum absolute atomic E-state index is 0.0319. The van der Waals surface area contributed by atoms with E-state index >= 15 is 0 Å². The van der Waals surface area contributed by atoms with E-state index in [1.54, 1.807) is 24.3 Å². The lowest BCUT2D eigenvalue weighted by Gasteiger charge is -2.06. The maximum absolute atomic E-state index is 13.4. The van der Waals surface area contributed by atoms with Crippen molar-refractivity contribution in [2.45, 2.75) is 6.61 Å². The van der Waals surface area contributed by atoms with Gasteiger partial charge in [0.2, 0.25) is 5.88 Å². The Bertz CT molecular complexity index is 458. The Kier molecular flexibility index (Phi) is 3.31. The van der Waals surface area contributed by atoms with Crippen LogP contribution in [0.2, 0.25) is 5.02 Å². The molecule has 0 atom stereocenters. The van der Waals surface area contributed by atoms with Gasteiger partial charge in [0.05, 0.1) is 5.02 Å². The first-order valence-electron chi connectivity index (χ1n) is 4.61. The van der Waals surface area contributed by atoms with Crippen molar-refractivity contribution in [2.75, 3.05) is 0 Å². The molecule has 0 aliphatic carbocycles. The van der Waals surface area contributed by atoms with Gasteiger partial charge in [0.25, 0.3) is 0 Å². The predicted molar refractivity (Wildman–Crippen MR) is 57.8 cm³/mol. The van der Waals surface area contributed by atoms with E-state index in [-0.39, 0.29) is 6.61 Å². The average molecular weight is 239 g/mol. The molecule has 16 heavy (non-hydrogen) atoms. The van der Waals surface area contributed by atoms with Crippen LogP contribution in [0.5, 0.6) is 5.88 Å². The number of halogens is 2. The molecule has 0 fully saturated rings. The second-order valence-corrected chi connectivity index (χ2v) is 3.46. The molecule has 2 rings (SSSR count). The smallest absolute Gasteiger partial charge is 0.233 e. The van der Waals surface area contributed by atoms with Gasteiger partial charge in [-0.1, -0.05) is 17.7 Å². The summed E-state index contributed by atoms with van der Waals surface area (Å²) in [7, 11) is 0. The lowest BCUT2D eigenvalue weighted by molar-refractivity contribution is 0.284. The highest BCUT2D eigenvalue weighted by molar-refractivity contribution is 6.31. The van der Waals surface area contributed by atoms with Crippen molar-refractivity contribution < 1.29 is 9.13 Å². The second kappa shape index (κ2) is 4.90. The summed E-state index contributed by atoms with van der Waals surface area (Å²) in [6.45, 7) is 0.0319. The largest absolute Gasteiger partial charge is 0.472 e. The Morgan fingerprint density at radius 1 is 1.25 bits per heavy atom. The van der Waals surface area contributed by atoms with Crippen LogP contribution in [0.1, 0.15) is 5.56 Å². The molecule has 0 spiro atoms. The summed E-state index contributed by atoms with van der Waals surface area (Å²) in [6, 6.07) is 7.82. The number of nitrogens with zero attached hydrogens (tertiary/aromatic N) is 2. The van der Waals surface area contributed by atoms with Gasteiger partial charge < -0.3 is 4.74 Å². The van der Waals surface area contributed by atoms with Gasteiger partial charge >= 0.3 is 0 Å². The quantitative estimate of drug-likeness (QED) is 0.825. The first-order valence-corrected chi connectivity index (χ1v) is 4.98. The van der Waals surface area contributed by atoms with Gasteiger partial charge in [-0.3, -0.25) is 0 Å². The van der Waals surface area contributed by atoms with E-state index in [0.717, 1.165) is 0 Å². The van der Waals surface area contributed by atoms with Gasteiger partial charge in [-0.25, -0.2) is 4.39 Å².